The summed E-state index contributed by atoms with van der Waals surface area (Å²) >= 11 is 9.29. The molecule has 1 heterocycles. The van der Waals surface area contributed by atoms with Gasteiger partial charge in [-0.05, 0) is 46.3 Å². The Kier molecular flexibility index (Phi) is 4.10. The van der Waals surface area contributed by atoms with Crippen LogP contribution in [0.1, 0.15) is 11.9 Å². The summed E-state index contributed by atoms with van der Waals surface area (Å²) in [5, 5.41) is 13.6. The molecule has 1 atom stereocenters. The highest BCUT2D eigenvalue weighted by Gasteiger charge is 2.10. The number of halogens is 2. The molecular formula is C12H11BrClNO2. The lowest BCUT2D eigenvalue weighted by Gasteiger charge is -2.12. The van der Waals surface area contributed by atoms with Crippen molar-refractivity contribution >= 4 is 33.2 Å². The molecule has 1 unspecified atom stereocenters. The molecule has 0 aliphatic carbocycles. The Morgan fingerprint density at radius 2 is 2.24 bits per heavy atom. The lowest BCUT2D eigenvalue weighted by Crippen LogP contribution is -2.11. The second-order valence-electron chi connectivity index (χ2n) is 3.54. The van der Waals surface area contributed by atoms with Crippen LogP contribution < -0.4 is 5.32 Å². The molecule has 17 heavy (non-hydrogen) atoms. The molecule has 3 nitrogen and oxygen atoms in total. The molecule has 0 bridgehead atoms. The fourth-order valence-corrected chi connectivity index (χ4v) is 1.98. The number of hydrogen-bond acceptors (Lipinski definition) is 3. The summed E-state index contributed by atoms with van der Waals surface area (Å²) in [6.45, 7) is 0.354. The van der Waals surface area contributed by atoms with Crippen LogP contribution >= 0.6 is 27.5 Å². The maximum Gasteiger partial charge on any atom is 0.134 e. The van der Waals surface area contributed by atoms with Gasteiger partial charge < -0.3 is 14.8 Å². The first-order chi connectivity index (χ1) is 8.16. The minimum Gasteiger partial charge on any atom is -0.467 e. The Hall–Kier alpha value is -0.970. The summed E-state index contributed by atoms with van der Waals surface area (Å²) in [4.78, 5) is 0. The van der Waals surface area contributed by atoms with E-state index in [0.29, 0.717) is 17.3 Å². The van der Waals surface area contributed by atoms with Crippen molar-refractivity contribution in [2.75, 3.05) is 11.9 Å². The molecule has 2 aromatic rings. The molecule has 90 valence electrons. The van der Waals surface area contributed by atoms with Crippen LogP contribution in [0.2, 0.25) is 5.02 Å². The Bertz CT molecular complexity index is 487. The smallest absolute Gasteiger partial charge is 0.134 e. The Labute approximate surface area is 113 Å². The van der Waals surface area contributed by atoms with Crippen LogP contribution in [0.25, 0.3) is 0 Å². The normalized spacial score (nSPS) is 12.4. The molecule has 2 rings (SSSR count). The van der Waals surface area contributed by atoms with Crippen LogP contribution in [0.15, 0.2) is 45.5 Å². The van der Waals surface area contributed by atoms with Crippen molar-refractivity contribution in [2.24, 2.45) is 0 Å². The predicted octanol–water partition coefficient (Wildman–Crippen LogP) is 3.84. The second-order valence-corrected chi connectivity index (χ2v) is 4.83. The monoisotopic (exact) mass is 315 g/mol. The lowest BCUT2D eigenvalue weighted by molar-refractivity contribution is 0.162. The third kappa shape index (κ3) is 3.25. The van der Waals surface area contributed by atoms with Gasteiger partial charge in [0, 0.05) is 16.0 Å². The van der Waals surface area contributed by atoms with Crippen LogP contribution in [-0.2, 0) is 0 Å². The molecule has 0 fully saturated rings. The van der Waals surface area contributed by atoms with E-state index in [0.717, 1.165) is 10.2 Å². The fourth-order valence-electron chi connectivity index (χ4n) is 1.42. The lowest BCUT2D eigenvalue weighted by atomic mass is 10.2. The molecule has 5 heteroatoms. The van der Waals surface area contributed by atoms with Crippen LogP contribution in [0, 0.1) is 0 Å². The topological polar surface area (TPSA) is 45.4 Å². The van der Waals surface area contributed by atoms with E-state index in [1.807, 2.05) is 6.07 Å². The molecule has 0 amide bonds. The van der Waals surface area contributed by atoms with Crippen LogP contribution in [0.4, 0.5) is 5.69 Å². The van der Waals surface area contributed by atoms with Gasteiger partial charge in [-0.15, -0.1) is 0 Å². The summed E-state index contributed by atoms with van der Waals surface area (Å²) in [5.41, 5.74) is 0.836. The van der Waals surface area contributed by atoms with Gasteiger partial charge >= 0.3 is 0 Å². The molecular weight excluding hydrogens is 305 g/mol. The zero-order valence-electron chi connectivity index (χ0n) is 8.86. The maximum absolute atomic E-state index is 9.83. The largest absolute Gasteiger partial charge is 0.467 e. The van der Waals surface area contributed by atoms with E-state index >= 15 is 0 Å². The third-order valence-electron chi connectivity index (χ3n) is 2.29. The number of furan rings is 1. The van der Waals surface area contributed by atoms with Gasteiger partial charge in [0.2, 0.25) is 0 Å². The van der Waals surface area contributed by atoms with E-state index in [-0.39, 0.29) is 0 Å². The first-order valence-corrected chi connectivity index (χ1v) is 6.24. The standard InChI is InChI=1S/C12H11BrClNO2/c13-9-4-3-8(14)6-10(9)15-7-11(16)12-2-1-5-17-12/h1-6,11,15-16H,7H2. The van der Waals surface area contributed by atoms with Crippen molar-refractivity contribution in [3.8, 4) is 0 Å². The van der Waals surface area contributed by atoms with Gasteiger partial charge in [-0.1, -0.05) is 11.6 Å². The molecule has 0 aliphatic rings. The molecule has 0 radical (unpaired) electrons. The third-order valence-corrected chi connectivity index (χ3v) is 3.21. The number of nitrogens with one attached hydrogen (secondary N) is 1. The van der Waals surface area contributed by atoms with E-state index in [1.165, 1.54) is 6.26 Å². The highest BCUT2D eigenvalue weighted by Crippen LogP contribution is 2.26. The van der Waals surface area contributed by atoms with Gasteiger partial charge in [-0.3, -0.25) is 0 Å². The first-order valence-electron chi connectivity index (χ1n) is 5.07. The van der Waals surface area contributed by atoms with Crippen molar-refractivity contribution in [2.45, 2.75) is 6.10 Å². The maximum atomic E-state index is 9.83. The number of rotatable bonds is 4. The minimum absolute atomic E-state index is 0.354. The van der Waals surface area contributed by atoms with E-state index in [4.69, 9.17) is 16.0 Å². The van der Waals surface area contributed by atoms with E-state index in [1.54, 1.807) is 24.3 Å². The highest BCUT2D eigenvalue weighted by molar-refractivity contribution is 9.10. The fraction of sp³-hybridized carbons (Fsp3) is 0.167. The number of hydrogen-bond donors (Lipinski definition) is 2. The van der Waals surface area contributed by atoms with Crippen molar-refractivity contribution in [3.63, 3.8) is 0 Å². The summed E-state index contributed by atoms with van der Waals surface area (Å²) in [6.07, 6.45) is 0.851. The van der Waals surface area contributed by atoms with Crippen LogP contribution in [-0.4, -0.2) is 11.7 Å². The van der Waals surface area contributed by atoms with Crippen LogP contribution in [0.5, 0.6) is 0 Å². The molecule has 1 aromatic carbocycles. The average molecular weight is 317 g/mol. The number of anilines is 1. The van der Waals surface area contributed by atoms with Gasteiger partial charge in [-0.25, -0.2) is 0 Å². The van der Waals surface area contributed by atoms with Gasteiger partial charge in [0.1, 0.15) is 11.9 Å². The number of aliphatic hydroxyl groups excluding tert-OH is 1. The SMILES string of the molecule is OC(CNc1cc(Cl)ccc1Br)c1ccco1. The molecule has 0 aliphatic heterocycles. The van der Waals surface area contributed by atoms with Crippen molar-refractivity contribution in [3.05, 3.63) is 51.9 Å². The molecule has 0 saturated carbocycles. The second kappa shape index (κ2) is 5.58. The summed E-state index contributed by atoms with van der Waals surface area (Å²) < 4.78 is 6.01. The number of benzene rings is 1. The molecule has 0 spiro atoms. The van der Waals surface area contributed by atoms with E-state index in [2.05, 4.69) is 21.2 Å². The van der Waals surface area contributed by atoms with E-state index < -0.39 is 6.10 Å². The summed E-state index contributed by atoms with van der Waals surface area (Å²) in [6, 6.07) is 8.91. The predicted molar refractivity (Wildman–Crippen MR) is 71.3 cm³/mol. The van der Waals surface area contributed by atoms with Gasteiger partial charge in [0.05, 0.1) is 12.0 Å². The first kappa shape index (κ1) is 12.5. The Morgan fingerprint density at radius 3 is 2.94 bits per heavy atom. The van der Waals surface area contributed by atoms with Gasteiger partial charge in [-0.2, -0.15) is 0 Å². The quantitative estimate of drug-likeness (QED) is 0.901. The van der Waals surface area contributed by atoms with Crippen molar-refractivity contribution in [1.29, 1.82) is 0 Å². The van der Waals surface area contributed by atoms with Crippen molar-refractivity contribution in [1.82, 2.24) is 0 Å². The Balaban J connectivity index is 2.00. The highest BCUT2D eigenvalue weighted by atomic mass is 79.9. The molecule has 0 saturated heterocycles. The minimum atomic E-state index is -0.684. The summed E-state index contributed by atoms with van der Waals surface area (Å²) in [5.74, 6) is 0.538. The van der Waals surface area contributed by atoms with Crippen molar-refractivity contribution < 1.29 is 9.52 Å². The zero-order valence-corrected chi connectivity index (χ0v) is 11.2. The van der Waals surface area contributed by atoms with Gasteiger partial charge in [0.25, 0.3) is 0 Å². The van der Waals surface area contributed by atoms with E-state index in [9.17, 15) is 5.11 Å². The molecule has 2 N–H and O–H groups in total. The Morgan fingerprint density at radius 1 is 1.41 bits per heavy atom. The zero-order chi connectivity index (χ0) is 12.3. The van der Waals surface area contributed by atoms with Gasteiger partial charge in [0.15, 0.2) is 0 Å². The number of aliphatic hydroxyl groups is 1. The molecule has 1 aromatic heterocycles. The average Bonchev–Trinajstić information content (AvgIpc) is 2.83. The summed E-state index contributed by atoms with van der Waals surface area (Å²) in [7, 11) is 0. The van der Waals surface area contributed by atoms with Crippen LogP contribution in [0.3, 0.4) is 0 Å².